The van der Waals surface area contributed by atoms with Crippen molar-refractivity contribution >= 4 is 56.5 Å². The van der Waals surface area contributed by atoms with E-state index in [-0.39, 0.29) is 11.9 Å². The van der Waals surface area contributed by atoms with Crippen LogP contribution in [-0.4, -0.2) is 16.1 Å². The molecule has 0 fully saturated rings. The molecule has 2 heterocycles. The summed E-state index contributed by atoms with van der Waals surface area (Å²) in [5.74, 6) is -0.177. The molecule has 4 aromatic rings. The van der Waals surface area contributed by atoms with Gasteiger partial charge in [-0.25, -0.2) is 0 Å². The van der Waals surface area contributed by atoms with Gasteiger partial charge in [-0.1, -0.05) is 58.6 Å². The van der Waals surface area contributed by atoms with Crippen LogP contribution in [-0.2, 0) is 0 Å². The van der Waals surface area contributed by atoms with Crippen molar-refractivity contribution in [3.8, 4) is 11.5 Å². The molecule has 0 saturated heterocycles. The molecule has 8 heteroatoms. The second-order valence-corrected chi connectivity index (χ2v) is 6.93. The van der Waals surface area contributed by atoms with Crippen molar-refractivity contribution in [3.63, 3.8) is 0 Å². The second kappa shape index (κ2) is 6.48. The molecule has 0 bridgehead atoms. The van der Waals surface area contributed by atoms with E-state index in [1.165, 1.54) is 11.3 Å². The molecule has 0 atom stereocenters. The summed E-state index contributed by atoms with van der Waals surface area (Å²) in [6.45, 7) is 0. The van der Waals surface area contributed by atoms with Crippen LogP contribution in [0.25, 0.3) is 21.5 Å². The van der Waals surface area contributed by atoms with Crippen molar-refractivity contribution in [2.75, 3.05) is 5.32 Å². The third kappa shape index (κ3) is 3.00. The first-order valence-corrected chi connectivity index (χ1v) is 8.77. The first-order chi connectivity index (χ1) is 12.1. The Bertz CT molecular complexity index is 1090. The topological polar surface area (TPSA) is 68.0 Å². The summed E-state index contributed by atoms with van der Waals surface area (Å²) >= 11 is 13.7. The molecule has 0 spiro atoms. The van der Waals surface area contributed by atoms with Gasteiger partial charge in [0.05, 0.1) is 15.6 Å². The smallest absolute Gasteiger partial charge is 0.322 e. The van der Waals surface area contributed by atoms with E-state index in [1.807, 2.05) is 24.3 Å². The van der Waals surface area contributed by atoms with Crippen LogP contribution >= 0.6 is 34.5 Å². The quantitative estimate of drug-likeness (QED) is 0.501. The molecule has 0 aliphatic carbocycles. The number of rotatable bonds is 3. The molecule has 5 nitrogen and oxygen atoms in total. The van der Waals surface area contributed by atoms with E-state index >= 15 is 0 Å². The van der Waals surface area contributed by atoms with Gasteiger partial charge in [-0.2, -0.15) is 0 Å². The lowest BCUT2D eigenvalue weighted by molar-refractivity contribution is 0.102. The Morgan fingerprint density at radius 3 is 2.60 bits per heavy atom. The maximum atomic E-state index is 12.5. The molecule has 0 unspecified atom stereocenters. The monoisotopic (exact) mass is 389 g/mol. The predicted molar refractivity (Wildman–Crippen MR) is 99.5 cm³/mol. The molecule has 1 amide bonds. The lowest BCUT2D eigenvalue weighted by Gasteiger charge is -1.99. The van der Waals surface area contributed by atoms with Crippen molar-refractivity contribution in [1.82, 2.24) is 10.2 Å². The number of amides is 1. The fourth-order valence-corrected chi connectivity index (χ4v) is 3.96. The van der Waals surface area contributed by atoms with E-state index in [0.717, 1.165) is 10.1 Å². The van der Waals surface area contributed by atoms with Gasteiger partial charge in [0.1, 0.15) is 4.88 Å². The Hall–Kier alpha value is -2.41. The molecule has 1 N–H and O–H groups in total. The average molecular weight is 390 g/mol. The zero-order valence-electron chi connectivity index (χ0n) is 12.5. The molecule has 0 radical (unpaired) electrons. The van der Waals surface area contributed by atoms with Gasteiger partial charge in [-0.3, -0.25) is 10.1 Å². The van der Waals surface area contributed by atoms with E-state index in [4.69, 9.17) is 27.6 Å². The molecule has 2 aromatic heterocycles. The van der Waals surface area contributed by atoms with Crippen molar-refractivity contribution in [2.24, 2.45) is 0 Å². The lowest BCUT2D eigenvalue weighted by atomic mass is 10.2. The normalized spacial score (nSPS) is 11.0. The summed E-state index contributed by atoms with van der Waals surface area (Å²) in [5.41, 5.74) is 0.595. The van der Waals surface area contributed by atoms with Crippen molar-refractivity contribution in [1.29, 1.82) is 0 Å². The molecular formula is C17H9Cl2N3O2S. The molecule has 4 rings (SSSR count). The van der Waals surface area contributed by atoms with Gasteiger partial charge in [0, 0.05) is 10.1 Å². The number of carbonyl (C=O) groups is 1. The fourth-order valence-electron chi connectivity index (χ4n) is 2.33. The molecule has 2 aromatic carbocycles. The van der Waals surface area contributed by atoms with Crippen LogP contribution in [0.4, 0.5) is 6.01 Å². The molecule has 25 heavy (non-hydrogen) atoms. The van der Waals surface area contributed by atoms with E-state index in [2.05, 4.69) is 15.5 Å². The summed E-state index contributed by atoms with van der Waals surface area (Å²) in [4.78, 5) is 12.9. The van der Waals surface area contributed by atoms with Gasteiger partial charge in [0.2, 0.25) is 0 Å². The van der Waals surface area contributed by atoms with E-state index < -0.39 is 5.91 Å². The summed E-state index contributed by atoms with van der Waals surface area (Å²) in [7, 11) is 0. The van der Waals surface area contributed by atoms with E-state index in [0.29, 0.717) is 20.5 Å². The van der Waals surface area contributed by atoms with Crippen LogP contribution in [0.3, 0.4) is 0 Å². The number of hydrogen-bond donors (Lipinski definition) is 1. The number of nitrogens with one attached hydrogen (secondary N) is 1. The molecule has 0 saturated carbocycles. The lowest BCUT2D eigenvalue weighted by Crippen LogP contribution is -2.10. The average Bonchev–Trinajstić information content (AvgIpc) is 3.20. The highest BCUT2D eigenvalue weighted by Crippen LogP contribution is 2.35. The van der Waals surface area contributed by atoms with E-state index in [9.17, 15) is 4.79 Å². The van der Waals surface area contributed by atoms with Crippen LogP contribution in [0.2, 0.25) is 10.0 Å². The highest BCUT2D eigenvalue weighted by molar-refractivity contribution is 7.21. The zero-order chi connectivity index (χ0) is 17.4. The number of aromatic nitrogens is 2. The molecule has 124 valence electrons. The Kier molecular flexibility index (Phi) is 4.17. The van der Waals surface area contributed by atoms with Crippen LogP contribution in [0, 0.1) is 0 Å². The minimum absolute atomic E-state index is 0.0200. The van der Waals surface area contributed by atoms with Crippen molar-refractivity contribution in [3.05, 3.63) is 63.5 Å². The molecule has 0 aliphatic heterocycles. The fraction of sp³-hybridized carbons (Fsp3) is 0. The van der Waals surface area contributed by atoms with Crippen LogP contribution in [0.15, 0.2) is 52.9 Å². The van der Waals surface area contributed by atoms with Crippen molar-refractivity contribution in [2.45, 2.75) is 0 Å². The van der Waals surface area contributed by atoms with Gasteiger partial charge in [0.25, 0.3) is 11.8 Å². The standard InChI is InChI=1S/C17H9Cl2N3O2S/c18-11-7-3-1-5-9(11)16-21-22-17(24-16)20-15(23)14-13(19)10-6-2-4-8-12(10)25-14/h1-8H,(H,20,22,23). The Balaban J connectivity index is 1.61. The highest BCUT2D eigenvalue weighted by Gasteiger charge is 2.19. The van der Waals surface area contributed by atoms with Gasteiger partial charge in [-0.15, -0.1) is 16.4 Å². The van der Waals surface area contributed by atoms with Crippen LogP contribution < -0.4 is 5.32 Å². The predicted octanol–water partition coefficient (Wildman–Crippen LogP) is 5.51. The Morgan fingerprint density at radius 1 is 1.04 bits per heavy atom. The van der Waals surface area contributed by atoms with Gasteiger partial charge in [0.15, 0.2) is 0 Å². The Morgan fingerprint density at radius 2 is 1.80 bits per heavy atom. The summed E-state index contributed by atoms with van der Waals surface area (Å²) < 4.78 is 6.41. The number of fused-ring (bicyclic) bond motifs is 1. The highest BCUT2D eigenvalue weighted by atomic mass is 35.5. The van der Waals surface area contributed by atoms with Crippen molar-refractivity contribution < 1.29 is 9.21 Å². The third-order valence-corrected chi connectivity index (χ3v) is 5.49. The molecular weight excluding hydrogens is 381 g/mol. The van der Waals surface area contributed by atoms with Gasteiger partial charge < -0.3 is 4.42 Å². The maximum Gasteiger partial charge on any atom is 0.322 e. The number of halogens is 2. The third-order valence-electron chi connectivity index (χ3n) is 3.49. The zero-order valence-corrected chi connectivity index (χ0v) is 14.8. The van der Waals surface area contributed by atoms with Gasteiger partial charge in [-0.05, 0) is 18.2 Å². The van der Waals surface area contributed by atoms with E-state index in [1.54, 1.807) is 24.3 Å². The van der Waals surface area contributed by atoms with Crippen LogP contribution in [0.5, 0.6) is 0 Å². The molecule has 0 aliphatic rings. The number of benzene rings is 2. The summed E-state index contributed by atoms with van der Waals surface area (Å²) in [5, 5.41) is 12.0. The maximum absolute atomic E-state index is 12.5. The van der Waals surface area contributed by atoms with Crippen LogP contribution in [0.1, 0.15) is 9.67 Å². The first kappa shape index (κ1) is 16.1. The number of carbonyl (C=O) groups excluding carboxylic acids is 1. The first-order valence-electron chi connectivity index (χ1n) is 7.20. The second-order valence-electron chi connectivity index (χ2n) is 5.09. The minimum atomic E-state index is -0.402. The number of anilines is 1. The summed E-state index contributed by atoms with van der Waals surface area (Å²) in [6, 6.07) is 14.6. The SMILES string of the molecule is O=C(Nc1nnc(-c2ccccc2Cl)o1)c1sc2ccccc2c1Cl. The number of thiophene rings is 1. The largest absolute Gasteiger partial charge is 0.403 e. The minimum Gasteiger partial charge on any atom is -0.403 e. The van der Waals surface area contributed by atoms with Gasteiger partial charge >= 0.3 is 6.01 Å². The summed E-state index contributed by atoms with van der Waals surface area (Å²) in [6.07, 6.45) is 0. The Labute approximate surface area is 156 Å². The number of hydrogen-bond acceptors (Lipinski definition) is 5. The number of nitrogens with zero attached hydrogens (tertiary/aromatic N) is 2.